The molecule has 0 saturated heterocycles. The highest BCUT2D eigenvalue weighted by Gasteiger charge is 2.26. The molecule has 0 aliphatic heterocycles. The maximum Gasteiger partial charge on any atom is 0.250 e. The molecule has 3 rings (SSSR count). The Labute approximate surface area is 173 Å². The van der Waals surface area contributed by atoms with Crippen LogP contribution in [0.3, 0.4) is 0 Å². The zero-order valence-corrected chi connectivity index (χ0v) is 16.9. The van der Waals surface area contributed by atoms with Crippen LogP contribution < -0.4 is 15.8 Å². The minimum absolute atomic E-state index is 0.377. The van der Waals surface area contributed by atoms with Gasteiger partial charge in [-0.25, -0.2) is 0 Å². The average Bonchev–Trinajstić information content (AvgIpc) is 2.76. The Kier molecular flexibility index (Phi) is 8.08. The lowest BCUT2D eigenvalue weighted by molar-refractivity contribution is -0.130. The van der Waals surface area contributed by atoms with Crippen LogP contribution in [0.25, 0.3) is 0 Å². The summed E-state index contributed by atoms with van der Waals surface area (Å²) in [6.07, 6.45) is 6.33. The Morgan fingerprint density at radius 2 is 1.69 bits per heavy atom. The van der Waals surface area contributed by atoms with E-state index in [-0.39, 0.29) is 5.91 Å². The maximum atomic E-state index is 12.2. The van der Waals surface area contributed by atoms with Gasteiger partial charge in [0.1, 0.15) is 17.6 Å². The molecule has 1 aliphatic rings. The number of nitrogens with one attached hydrogen (secondary N) is 1. The van der Waals surface area contributed by atoms with Crippen molar-refractivity contribution in [3.05, 3.63) is 60.2 Å². The summed E-state index contributed by atoms with van der Waals surface area (Å²) in [5, 5.41) is 13.0. The summed E-state index contributed by atoms with van der Waals surface area (Å²) in [6, 6.07) is 16.9. The summed E-state index contributed by atoms with van der Waals surface area (Å²) in [7, 11) is 0. The lowest BCUT2D eigenvalue weighted by Gasteiger charge is -2.26. The van der Waals surface area contributed by atoms with Crippen LogP contribution in [0.5, 0.6) is 11.5 Å². The summed E-state index contributed by atoms with van der Waals surface area (Å²) < 4.78 is 5.78. The molecular formula is C24H32N2O3. The smallest absolute Gasteiger partial charge is 0.250 e. The van der Waals surface area contributed by atoms with Crippen molar-refractivity contribution < 1.29 is 14.6 Å². The van der Waals surface area contributed by atoms with Crippen LogP contribution in [0.1, 0.15) is 44.1 Å². The standard InChI is InChI=1S/C24H32N2O3/c25-22(17-19-7-3-1-4-8-19)23(27)24(28)26-16-15-18-11-13-21(14-12-18)29-20-9-5-2-6-10-20/h2,5-6,9-14,19,22-23,27H,1,3-4,7-8,15-17,25H2,(H,26,28). The first-order valence-electron chi connectivity index (χ1n) is 10.6. The molecule has 2 aromatic carbocycles. The number of ether oxygens (including phenoxy) is 1. The molecule has 0 aromatic heterocycles. The average molecular weight is 397 g/mol. The van der Waals surface area contributed by atoms with Gasteiger partial charge in [-0.15, -0.1) is 0 Å². The topological polar surface area (TPSA) is 84.6 Å². The number of amides is 1. The first kappa shape index (κ1) is 21.3. The highest BCUT2D eigenvalue weighted by molar-refractivity contribution is 5.81. The third-order valence-corrected chi connectivity index (χ3v) is 5.62. The number of nitrogens with two attached hydrogens (primary N) is 1. The molecular weight excluding hydrogens is 364 g/mol. The number of rotatable bonds is 9. The van der Waals surface area contributed by atoms with Gasteiger partial charge in [-0.1, -0.05) is 62.4 Å². The third kappa shape index (κ3) is 6.87. The second-order valence-corrected chi connectivity index (χ2v) is 7.95. The molecule has 0 heterocycles. The Balaban J connectivity index is 1.38. The molecule has 4 N–H and O–H groups in total. The molecule has 29 heavy (non-hydrogen) atoms. The van der Waals surface area contributed by atoms with E-state index in [0.29, 0.717) is 18.9 Å². The van der Waals surface area contributed by atoms with Crippen molar-refractivity contribution in [3.8, 4) is 11.5 Å². The van der Waals surface area contributed by atoms with E-state index in [1.807, 2.05) is 54.6 Å². The van der Waals surface area contributed by atoms with Crippen LogP contribution in [0.4, 0.5) is 0 Å². The van der Waals surface area contributed by atoms with Gasteiger partial charge in [0.2, 0.25) is 5.91 Å². The van der Waals surface area contributed by atoms with Gasteiger partial charge in [0.25, 0.3) is 0 Å². The van der Waals surface area contributed by atoms with Crippen LogP contribution in [0.15, 0.2) is 54.6 Å². The van der Waals surface area contributed by atoms with E-state index in [0.717, 1.165) is 36.3 Å². The molecule has 2 unspecified atom stereocenters. The summed E-state index contributed by atoms with van der Waals surface area (Å²) in [5.41, 5.74) is 7.18. The lowest BCUT2D eigenvalue weighted by Crippen LogP contribution is -2.47. The lowest BCUT2D eigenvalue weighted by atomic mass is 9.84. The first-order chi connectivity index (χ1) is 14.1. The molecule has 1 aliphatic carbocycles. The van der Waals surface area contributed by atoms with Crippen molar-refractivity contribution in [2.45, 2.75) is 57.1 Å². The number of aliphatic hydroxyl groups excluding tert-OH is 1. The normalized spacial score (nSPS) is 16.8. The van der Waals surface area contributed by atoms with E-state index >= 15 is 0 Å². The van der Waals surface area contributed by atoms with Crippen molar-refractivity contribution in [1.29, 1.82) is 0 Å². The number of para-hydroxylation sites is 1. The molecule has 2 aromatic rings. The van der Waals surface area contributed by atoms with Gasteiger partial charge in [0, 0.05) is 12.6 Å². The molecule has 0 bridgehead atoms. The molecule has 2 atom stereocenters. The Bertz CT molecular complexity index is 742. The molecule has 5 nitrogen and oxygen atoms in total. The third-order valence-electron chi connectivity index (χ3n) is 5.62. The summed E-state index contributed by atoms with van der Waals surface area (Å²) in [4.78, 5) is 12.2. The van der Waals surface area contributed by atoms with E-state index in [2.05, 4.69) is 5.32 Å². The molecule has 0 radical (unpaired) electrons. The van der Waals surface area contributed by atoms with Crippen molar-refractivity contribution >= 4 is 5.91 Å². The fraction of sp³-hybridized carbons (Fsp3) is 0.458. The zero-order valence-electron chi connectivity index (χ0n) is 16.9. The predicted molar refractivity (Wildman–Crippen MR) is 115 cm³/mol. The summed E-state index contributed by atoms with van der Waals surface area (Å²) >= 11 is 0. The molecule has 0 spiro atoms. The largest absolute Gasteiger partial charge is 0.457 e. The van der Waals surface area contributed by atoms with Gasteiger partial charge < -0.3 is 20.9 Å². The quantitative estimate of drug-likeness (QED) is 0.602. The second-order valence-electron chi connectivity index (χ2n) is 7.95. The minimum atomic E-state index is -1.14. The van der Waals surface area contributed by atoms with Gasteiger partial charge in [-0.2, -0.15) is 0 Å². The van der Waals surface area contributed by atoms with Crippen LogP contribution in [-0.4, -0.2) is 29.7 Å². The van der Waals surface area contributed by atoms with E-state index < -0.39 is 12.1 Å². The van der Waals surface area contributed by atoms with Crippen molar-refractivity contribution in [1.82, 2.24) is 5.32 Å². The number of benzene rings is 2. The number of hydrogen-bond acceptors (Lipinski definition) is 4. The van der Waals surface area contributed by atoms with Crippen LogP contribution in [0, 0.1) is 5.92 Å². The van der Waals surface area contributed by atoms with E-state index in [1.165, 1.54) is 19.3 Å². The number of aliphatic hydroxyl groups is 1. The Hall–Kier alpha value is -2.37. The van der Waals surface area contributed by atoms with Gasteiger partial charge in [-0.3, -0.25) is 4.79 Å². The van der Waals surface area contributed by atoms with Gasteiger partial charge >= 0.3 is 0 Å². The highest BCUT2D eigenvalue weighted by Crippen LogP contribution is 2.27. The first-order valence-corrected chi connectivity index (χ1v) is 10.6. The predicted octanol–water partition coefficient (Wildman–Crippen LogP) is 3.80. The van der Waals surface area contributed by atoms with Crippen LogP contribution >= 0.6 is 0 Å². The highest BCUT2D eigenvalue weighted by atomic mass is 16.5. The molecule has 1 fully saturated rings. The molecule has 5 heteroatoms. The van der Waals surface area contributed by atoms with E-state index in [4.69, 9.17) is 10.5 Å². The van der Waals surface area contributed by atoms with E-state index in [9.17, 15) is 9.90 Å². The van der Waals surface area contributed by atoms with E-state index in [1.54, 1.807) is 0 Å². The SMILES string of the molecule is NC(CC1CCCCC1)C(O)C(=O)NCCc1ccc(Oc2ccccc2)cc1. The molecule has 1 amide bonds. The second kappa shape index (κ2) is 11.0. The fourth-order valence-electron chi connectivity index (χ4n) is 3.91. The minimum Gasteiger partial charge on any atom is -0.457 e. The Morgan fingerprint density at radius 1 is 1.03 bits per heavy atom. The number of hydrogen-bond donors (Lipinski definition) is 3. The van der Waals surface area contributed by atoms with Gasteiger partial charge in [-0.05, 0) is 48.6 Å². The van der Waals surface area contributed by atoms with Gasteiger partial charge in [0.15, 0.2) is 0 Å². The van der Waals surface area contributed by atoms with Crippen molar-refractivity contribution in [3.63, 3.8) is 0 Å². The van der Waals surface area contributed by atoms with Gasteiger partial charge in [0.05, 0.1) is 0 Å². The summed E-state index contributed by atoms with van der Waals surface area (Å²) in [6.45, 7) is 0.463. The van der Waals surface area contributed by atoms with Crippen LogP contribution in [-0.2, 0) is 11.2 Å². The molecule has 156 valence electrons. The number of carbonyl (C=O) groups is 1. The fourth-order valence-corrected chi connectivity index (χ4v) is 3.91. The maximum absolute atomic E-state index is 12.2. The zero-order chi connectivity index (χ0) is 20.5. The molecule has 1 saturated carbocycles. The van der Waals surface area contributed by atoms with Crippen molar-refractivity contribution in [2.24, 2.45) is 11.7 Å². The van der Waals surface area contributed by atoms with Crippen LogP contribution in [0.2, 0.25) is 0 Å². The summed E-state index contributed by atoms with van der Waals surface area (Å²) in [5.74, 6) is 1.73. The number of carbonyl (C=O) groups excluding carboxylic acids is 1. The van der Waals surface area contributed by atoms with Crippen molar-refractivity contribution in [2.75, 3.05) is 6.54 Å². The monoisotopic (exact) mass is 396 g/mol. The Morgan fingerprint density at radius 3 is 2.38 bits per heavy atom.